The first-order valence-electron chi connectivity index (χ1n) is 9.20. The van der Waals surface area contributed by atoms with E-state index in [0.717, 1.165) is 22.3 Å². The van der Waals surface area contributed by atoms with Crippen molar-refractivity contribution in [3.05, 3.63) is 96.2 Å². The Labute approximate surface area is 167 Å². The molecule has 4 heteroatoms. The highest BCUT2D eigenvalue weighted by atomic mass is 15.0. The minimum absolute atomic E-state index is 0.293. The predicted octanol–water partition coefficient (Wildman–Crippen LogP) is 5.59. The highest BCUT2D eigenvalue weighted by Crippen LogP contribution is 2.33. The van der Waals surface area contributed by atoms with Crippen LogP contribution in [0.4, 0.5) is 0 Å². The van der Waals surface area contributed by atoms with Gasteiger partial charge in [-0.2, -0.15) is 10.5 Å². The van der Waals surface area contributed by atoms with Gasteiger partial charge in [-0.3, -0.25) is 0 Å². The van der Waals surface area contributed by atoms with E-state index in [-0.39, 0.29) is 0 Å². The van der Waals surface area contributed by atoms with Gasteiger partial charge in [0.2, 0.25) is 0 Å². The van der Waals surface area contributed by atoms with Crippen molar-refractivity contribution in [1.29, 1.82) is 10.5 Å². The van der Waals surface area contributed by atoms with Gasteiger partial charge in [-0.1, -0.05) is 48.5 Å². The maximum atomic E-state index is 9.50. The van der Waals surface area contributed by atoms with Crippen molar-refractivity contribution in [2.45, 2.75) is 0 Å². The van der Waals surface area contributed by atoms with E-state index >= 15 is 0 Å². The van der Waals surface area contributed by atoms with Gasteiger partial charge in [0.25, 0.3) is 0 Å². The zero-order chi connectivity index (χ0) is 19.8. The van der Waals surface area contributed by atoms with E-state index < -0.39 is 0 Å². The van der Waals surface area contributed by atoms with Crippen LogP contribution in [-0.2, 0) is 0 Å². The number of rotatable bonds is 2. The minimum Gasteiger partial charge on any atom is -0.309 e. The molecule has 4 nitrogen and oxygen atoms in total. The number of hydrogen-bond donors (Lipinski definition) is 0. The van der Waals surface area contributed by atoms with Crippen molar-refractivity contribution < 1.29 is 0 Å². The van der Waals surface area contributed by atoms with Crippen LogP contribution >= 0.6 is 0 Å². The zero-order valence-corrected chi connectivity index (χ0v) is 15.4. The topological polar surface area (TPSA) is 65.4 Å². The number of aromatic nitrogens is 2. The molecule has 0 bridgehead atoms. The van der Waals surface area contributed by atoms with Crippen molar-refractivity contribution in [1.82, 2.24) is 9.55 Å². The Morgan fingerprint density at radius 1 is 0.690 bits per heavy atom. The largest absolute Gasteiger partial charge is 0.309 e. The number of nitriles is 2. The second kappa shape index (κ2) is 6.64. The van der Waals surface area contributed by atoms with Crippen LogP contribution in [-0.4, -0.2) is 9.55 Å². The van der Waals surface area contributed by atoms with Crippen LogP contribution in [0.3, 0.4) is 0 Å². The van der Waals surface area contributed by atoms with E-state index in [9.17, 15) is 10.5 Å². The van der Waals surface area contributed by atoms with Crippen LogP contribution in [0.5, 0.6) is 0 Å². The first-order chi connectivity index (χ1) is 14.3. The number of fused-ring (bicyclic) bond motifs is 3. The third-order valence-electron chi connectivity index (χ3n) is 5.09. The van der Waals surface area contributed by atoms with Gasteiger partial charge in [0, 0.05) is 22.0 Å². The van der Waals surface area contributed by atoms with Crippen molar-refractivity contribution >= 4 is 21.8 Å². The Morgan fingerprint density at radius 2 is 1.38 bits per heavy atom. The summed E-state index contributed by atoms with van der Waals surface area (Å²) in [4.78, 5) is 4.39. The predicted molar refractivity (Wildman–Crippen MR) is 113 cm³/mol. The minimum atomic E-state index is 0.293. The summed E-state index contributed by atoms with van der Waals surface area (Å²) in [5.41, 5.74) is 5.28. The second-order valence-corrected chi connectivity index (χ2v) is 6.74. The zero-order valence-electron chi connectivity index (χ0n) is 15.4. The second-order valence-electron chi connectivity index (χ2n) is 6.74. The lowest BCUT2D eigenvalue weighted by molar-refractivity contribution is 1.17. The molecule has 0 fully saturated rings. The van der Waals surface area contributed by atoms with Gasteiger partial charge in [0.15, 0.2) is 0 Å². The maximum Gasteiger partial charge on any atom is 0.141 e. The lowest BCUT2D eigenvalue weighted by Crippen LogP contribution is -1.96. The van der Waals surface area contributed by atoms with Crippen molar-refractivity contribution in [2.75, 3.05) is 0 Å². The quantitative estimate of drug-likeness (QED) is 0.407. The monoisotopic (exact) mass is 370 g/mol. The molecular formula is C25H14N4. The van der Waals surface area contributed by atoms with Crippen LogP contribution in [0.1, 0.15) is 11.3 Å². The summed E-state index contributed by atoms with van der Waals surface area (Å²) in [6.07, 6.45) is 0. The third kappa shape index (κ3) is 2.64. The number of benzene rings is 3. The van der Waals surface area contributed by atoms with E-state index in [0.29, 0.717) is 17.0 Å². The van der Waals surface area contributed by atoms with E-state index in [4.69, 9.17) is 0 Å². The maximum absolute atomic E-state index is 9.50. The van der Waals surface area contributed by atoms with Crippen LogP contribution in [0.2, 0.25) is 0 Å². The molecule has 0 amide bonds. The molecule has 134 valence electrons. The lowest BCUT2D eigenvalue weighted by Gasteiger charge is -2.10. The first kappa shape index (κ1) is 16.7. The molecule has 0 aliphatic rings. The number of para-hydroxylation sites is 2. The van der Waals surface area contributed by atoms with Gasteiger partial charge in [-0.25, -0.2) is 4.98 Å². The van der Waals surface area contributed by atoms with Crippen molar-refractivity contribution in [3.63, 3.8) is 0 Å². The molecular weight excluding hydrogens is 356 g/mol. The molecule has 0 aliphatic carbocycles. The average Bonchev–Trinajstić information content (AvgIpc) is 3.13. The lowest BCUT2D eigenvalue weighted by atomic mass is 10.0. The Hall–Kier alpha value is -4.41. The van der Waals surface area contributed by atoms with Gasteiger partial charge in [0.05, 0.1) is 22.3 Å². The van der Waals surface area contributed by atoms with Gasteiger partial charge in [-0.15, -0.1) is 0 Å². The fourth-order valence-electron chi connectivity index (χ4n) is 3.82. The van der Waals surface area contributed by atoms with Crippen LogP contribution < -0.4 is 0 Å². The molecule has 0 saturated heterocycles. The molecule has 0 aliphatic heterocycles. The molecule has 0 atom stereocenters. The number of pyridine rings is 1. The Morgan fingerprint density at radius 3 is 2.03 bits per heavy atom. The molecule has 5 rings (SSSR count). The Balaban J connectivity index is 1.79. The highest BCUT2D eigenvalue weighted by molar-refractivity contribution is 6.09. The number of nitrogens with zero attached hydrogens (tertiary/aromatic N) is 4. The molecule has 0 radical (unpaired) electrons. The average molecular weight is 370 g/mol. The molecule has 2 aromatic heterocycles. The number of hydrogen-bond acceptors (Lipinski definition) is 3. The van der Waals surface area contributed by atoms with E-state index in [1.54, 1.807) is 12.1 Å². The fraction of sp³-hybridized carbons (Fsp3) is 0. The molecule has 0 saturated carbocycles. The van der Waals surface area contributed by atoms with Crippen molar-refractivity contribution in [3.8, 4) is 29.1 Å². The normalized spacial score (nSPS) is 10.7. The highest BCUT2D eigenvalue weighted by Gasteiger charge is 2.13. The van der Waals surface area contributed by atoms with Crippen molar-refractivity contribution in [2.24, 2.45) is 0 Å². The standard InChI is InChI=1S/C25H14N4/c26-15-18-12-13-19(16-27)28-25(18)17-6-5-7-20(14-17)29-23-10-3-1-8-21(23)22-9-2-4-11-24(22)29/h1-14H. The van der Waals surface area contributed by atoms with E-state index in [2.05, 4.69) is 46.0 Å². The van der Waals surface area contributed by atoms with Gasteiger partial charge >= 0.3 is 0 Å². The summed E-state index contributed by atoms with van der Waals surface area (Å²) in [6, 6.07) is 32.0. The first-order valence-corrected chi connectivity index (χ1v) is 9.20. The van der Waals surface area contributed by atoms with Gasteiger partial charge in [0.1, 0.15) is 17.8 Å². The van der Waals surface area contributed by atoms with Crippen LogP contribution in [0, 0.1) is 22.7 Å². The summed E-state index contributed by atoms with van der Waals surface area (Å²) in [5, 5.41) is 21.1. The molecule has 5 aromatic rings. The summed E-state index contributed by atoms with van der Waals surface area (Å²) < 4.78 is 2.22. The Kier molecular flexibility index (Phi) is 3.83. The Bertz CT molecular complexity index is 1430. The molecule has 3 aromatic carbocycles. The summed E-state index contributed by atoms with van der Waals surface area (Å²) in [7, 11) is 0. The molecule has 2 heterocycles. The van der Waals surface area contributed by atoms with Crippen LogP contribution in [0.25, 0.3) is 38.8 Å². The third-order valence-corrected chi connectivity index (χ3v) is 5.09. The molecule has 0 spiro atoms. The van der Waals surface area contributed by atoms with Gasteiger partial charge < -0.3 is 4.57 Å². The molecule has 0 unspecified atom stereocenters. The SMILES string of the molecule is N#Cc1ccc(C#N)c(-c2cccc(-n3c4ccccc4c4ccccc43)c2)n1. The molecule has 29 heavy (non-hydrogen) atoms. The van der Waals surface area contributed by atoms with E-state index in [1.165, 1.54) is 10.8 Å². The van der Waals surface area contributed by atoms with Gasteiger partial charge in [-0.05, 0) is 36.4 Å². The summed E-state index contributed by atoms with van der Waals surface area (Å²) in [5.74, 6) is 0. The van der Waals surface area contributed by atoms with E-state index in [1.807, 2.05) is 48.5 Å². The smallest absolute Gasteiger partial charge is 0.141 e. The summed E-state index contributed by atoms with van der Waals surface area (Å²) in [6.45, 7) is 0. The molecule has 0 N–H and O–H groups in total. The summed E-state index contributed by atoms with van der Waals surface area (Å²) >= 11 is 0. The fourth-order valence-corrected chi connectivity index (χ4v) is 3.82. The van der Waals surface area contributed by atoms with Crippen LogP contribution in [0.15, 0.2) is 84.9 Å².